The number of ether oxygens (including phenoxy) is 2. The lowest BCUT2D eigenvalue weighted by Gasteiger charge is -2.20. The molecule has 1 aliphatic heterocycles. The summed E-state index contributed by atoms with van der Waals surface area (Å²) in [4.78, 5) is 11.8. The summed E-state index contributed by atoms with van der Waals surface area (Å²) in [5.74, 6) is 1.72. The van der Waals surface area contributed by atoms with Gasteiger partial charge in [-0.15, -0.1) is 0 Å². The lowest BCUT2D eigenvalue weighted by molar-refractivity contribution is 0.0955. The first-order chi connectivity index (χ1) is 8.22. The highest BCUT2D eigenvalue weighted by molar-refractivity contribution is 9.10. The molecule has 6 heteroatoms. The predicted molar refractivity (Wildman–Crippen MR) is 71.3 cm³/mol. The van der Waals surface area contributed by atoms with E-state index in [1.165, 1.54) is 0 Å². The zero-order valence-corrected chi connectivity index (χ0v) is 11.5. The monoisotopic (exact) mass is 317 g/mol. The molecule has 0 saturated carbocycles. The lowest BCUT2D eigenvalue weighted by Crippen LogP contribution is -2.25. The number of carbonyl (C=O) groups excluding carboxylic acids is 1. The molecule has 0 aliphatic carbocycles. The minimum atomic E-state index is -0.142. The van der Waals surface area contributed by atoms with Crippen LogP contribution in [-0.4, -0.2) is 31.4 Å². The quantitative estimate of drug-likeness (QED) is 0.837. The average Bonchev–Trinajstić information content (AvgIpc) is 2.36. The van der Waals surface area contributed by atoms with Gasteiger partial charge in [-0.1, -0.05) is 0 Å². The SMILES string of the molecule is O=C(NCCS)c1cc(Br)c2c(c1)OCCO2. The molecule has 1 amide bonds. The fraction of sp³-hybridized carbons (Fsp3) is 0.364. The molecule has 0 spiro atoms. The van der Waals surface area contributed by atoms with E-state index in [1.54, 1.807) is 12.1 Å². The molecule has 0 bridgehead atoms. The van der Waals surface area contributed by atoms with Gasteiger partial charge in [-0.2, -0.15) is 12.6 Å². The van der Waals surface area contributed by atoms with E-state index in [-0.39, 0.29) is 5.91 Å². The van der Waals surface area contributed by atoms with E-state index >= 15 is 0 Å². The van der Waals surface area contributed by atoms with Crippen LogP contribution in [0.2, 0.25) is 0 Å². The van der Waals surface area contributed by atoms with Crippen LogP contribution in [-0.2, 0) is 0 Å². The van der Waals surface area contributed by atoms with Gasteiger partial charge in [-0.05, 0) is 28.1 Å². The molecule has 0 radical (unpaired) electrons. The summed E-state index contributed by atoms with van der Waals surface area (Å²) < 4.78 is 11.6. The zero-order valence-electron chi connectivity index (χ0n) is 9.03. The Labute approximate surface area is 113 Å². The normalized spacial score (nSPS) is 13.3. The number of halogens is 1. The third-order valence-electron chi connectivity index (χ3n) is 2.26. The van der Waals surface area contributed by atoms with Gasteiger partial charge in [0, 0.05) is 17.9 Å². The largest absolute Gasteiger partial charge is 0.486 e. The van der Waals surface area contributed by atoms with Gasteiger partial charge in [0.1, 0.15) is 13.2 Å². The highest BCUT2D eigenvalue weighted by atomic mass is 79.9. The van der Waals surface area contributed by atoms with E-state index in [9.17, 15) is 4.79 Å². The maximum Gasteiger partial charge on any atom is 0.251 e. The van der Waals surface area contributed by atoms with Gasteiger partial charge in [0.2, 0.25) is 0 Å². The number of hydrogen-bond acceptors (Lipinski definition) is 4. The smallest absolute Gasteiger partial charge is 0.251 e. The molecule has 0 atom stereocenters. The first kappa shape index (κ1) is 12.6. The maximum absolute atomic E-state index is 11.8. The average molecular weight is 318 g/mol. The molecule has 0 saturated heterocycles. The van der Waals surface area contributed by atoms with Crippen molar-refractivity contribution < 1.29 is 14.3 Å². The Morgan fingerprint density at radius 3 is 2.94 bits per heavy atom. The zero-order chi connectivity index (χ0) is 12.3. The summed E-state index contributed by atoms with van der Waals surface area (Å²) in [6, 6.07) is 3.41. The van der Waals surface area contributed by atoms with Crippen LogP contribution in [0, 0.1) is 0 Å². The Morgan fingerprint density at radius 2 is 2.18 bits per heavy atom. The van der Waals surface area contributed by atoms with Gasteiger partial charge in [0.25, 0.3) is 5.91 Å². The summed E-state index contributed by atoms with van der Waals surface area (Å²) in [5.41, 5.74) is 0.544. The van der Waals surface area contributed by atoms with Crippen LogP contribution in [0.25, 0.3) is 0 Å². The Morgan fingerprint density at radius 1 is 1.41 bits per heavy atom. The lowest BCUT2D eigenvalue weighted by atomic mass is 10.2. The van der Waals surface area contributed by atoms with Crippen molar-refractivity contribution in [3.8, 4) is 11.5 Å². The number of amides is 1. The van der Waals surface area contributed by atoms with Crippen LogP contribution < -0.4 is 14.8 Å². The summed E-state index contributed by atoms with van der Waals surface area (Å²) >= 11 is 7.41. The van der Waals surface area contributed by atoms with Crippen molar-refractivity contribution >= 4 is 34.5 Å². The van der Waals surface area contributed by atoms with Crippen molar-refractivity contribution in [3.05, 3.63) is 22.2 Å². The standard InChI is InChI=1S/C11H12BrNO3S/c12-8-5-7(11(14)13-1-4-17)6-9-10(8)16-3-2-15-9/h5-6,17H,1-4H2,(H,13,14). The molecule has 92 valence electrons. The maximum atomic E-state index is 11.8. The molecule has 1 aromatic carbocycles. The molecule has 2 rings (SSSR count). The Kier molecular flexibility index (Phi) is 4.17. The second-order valence-electron chi connectivity index (χ2n) is 3.46. The van der Waals surface area contributed by atoms with Gasteiger partial charge in [0.05, 0.1) is 4.47 Å². The van der Waals surface area contributed by atoms with Crippen molar-refractivity contribution in [2.45, 2.75) is 0 Å². The van der Waals surface area contributed by atoms with Crippen molar-refractivity contribution in [1.82, 2.24) is 5.32 Å². The van der Waals surface area contributed by atoms with E-state index in [0.717, 1.165) is 4.47 Å². The first-order valence-corrected chi connectivity index (χ1v) is 6.63. The number of hydrogen-bond donors (Lipinski definition) is 2. The van der Waals surface area contributed by atoms with Gasteiger partial charge in [0.15, 0.2) is 11.5 Å². The molecule has 0 unspecified atom stereocenters. The molecule has 17 heavy (non-hydrogen) atoms. The molecule has 1 aromatic rings. The third kappa shape index (κ3) is 2.87. The molecule has 1 aliphatic rings. The van der Waals surface area contributed by atoms with E-state index < -0.39 is 0 Å². The van der Waals surface area contributed by atoms with Gasteiger partial charge in [-0.25, -0.2) is 0 Å². The summed E-state index contributed by atoms with van der Waals surface area (Å²) in [5, 5.41) is 2.75. The van der Waals surface area contributed by atoms with Crippen molar-refractivity contribution in [2.24, 2.45) is 0 Å². The van der Waals surface area contributed by atoms with E-state index in [0.29, 0.717) is 42.6 Å². The van der Waals surface area contributed by atoms with Crippen molar-refractivity contribution in [3.63, 3.8) is 0 Å². The Hall–Kier alpha value is -0.880. The van der Waals surface area contributed by atoms with Crippen LogP contribution in [0.15, 0.2) is 16.6 Å². The van der Waals surface area contributed by atoms with Crippen molar-refractivity contribution in [2.75, 3.05) is 25.5 Å². The molecule has 1 heterocycles. The molecular formula is C11H12BrNO3S. The minimum Gasteiger partial charge on any atom is -0.486 e. The highest BCUT2D eigenvalue weighted by Crippen LogP contribution is 2.38. The summed E-state index contributed by atoms with van der Waals surface area (Å²) in [6.07, 6.45) is 0. The Balaban J connectivity index is 2.24. The second kappa shape index (κ2) is 5.64. The number of carbonyl (C=O) groups is 1. The topological polar surface area (TPSA) is 47.6 Å². The van der Waals surface area contributed by atoms with Crippen LogP contribution in [0.5, 0.6) is 11.5 Å². The fourth-order valence-corrected chi connectivity index (χ4v) is 2.18. The molecule has 0 aromatic heterocycles. The van der Waals surface area contributed by atoms with E-state index in [4.69, 9.17) is 9.47 Å². The Bertz CT molecular complexity index is 439. The second-order valence-corrected chi connectivity index (χ2v) is 4.76. The first-order valence-electron chi connectivity index (χ1n) is 5.20. The third-order valence-corrected chi connectivity index (χ3v) is 3.07. The molecule has 0 fully saturated rings. The number of nitrogens with one attached hydrogen (secondary N) is 1. The predicted octanol–water partition coefficient (Wildman–Crippen LogP) is 1.88. The van der Waals surface area contributed by atoms with Gasteiger partial charge >= 0.3 is 0 Å². The van der Waals surface area contributed by atoms with Crippen LogP contribution in [0.4, 0.5) is 0 Å². The van der Waals surface area contributed by atoms with Gasteiger partial charge < -0.3 is 14.8 Å². The molecular weight excluding hydrogens is 306 g/mol. The molecule has 1 N–H and O–H groups in total. The number of thiol groups is 1. The van der Waals surface area contributed by atoms with E-state index in [1.807, 2.05) is 0 Å². The minimum absolute atomic E-state index is 0.142. The summed E-state index contributed by atoms with van der Waals surface area (Å²) in [6.45, 7) is 1.56. The number of rotatable bonds is 3. The fourth-order valence-electron chi connectivity index (χ4n) is 1.51. The van der Waals surface area contributed by atoms with Gasteiger partial charge in [-0.3, -0.25) is 4.79 Å². The van der Waals surface area contributed by atoms with Crippen LogP contribution in [0.3, 0.4) is 0 Å². The molecule has 4 nitrogen and oxygen atoms in total. The van der Waals surface area contributed by atoms with E-state index in [2.05, 4.69) is 33.9 Å². The van der Waals surface area contributed by atoms with Crippen molar-refractivity contribution in [1.29, 1.82) is 0 Å². The number of fused-ring (bicyclic) bond motifs is 1. The van der Waals surface area contributed by atoms with Crippen LogP contribution >= 0.6 is 28.6 Å². The highest BCUT2D eigenvalue weighted by Gasteiger charge is 2.18. The van der Waals surface area contributed by atoms with Crippen LogP contribution in [0.1, 0.15) is 10.4 Å². The number of benzene rings is 1. The summed E-state index contributed by atoms with van der Waals surface area (Å²) in [7, 11) is 0.